The number of rotatable bonds is 6. The van der Waals surface area contributed by atoms with Gasteiger partial charge >= 0.3 is 11.9 Å². The summed E-state index contributed by atoms with van der Waals surface area (Å²) < 4.78 is 9.97. The molecular weight excluding hydrogens is 398 g/mol. The molecule has 0 spiro atoms. The molecular formula is C16H12ClN3O6S. The van der Waals surface area contributed by atoms with E-state index in [1.807, 2.05) is 6.07 Å². The number of nitrogen functional groups attached to an aromatic ring is 1. The first-order valence-electron chi connectivity index (χ1n) is 7.39. The van der Waals surface area contributed by atoms with Crippen LogP contribution in [-0.2, 0) is 16.1 Å². The van der Waals surface area contributed by atoms with Crippen LogP contribution in [0.4, 0.5) is 10.7 Å². The van der Waals surface area contributed by atoms with Gasteiger partial charge in [-0.1, -0.05) is 11.6 Å². The maximum Gasteiger partial charge on any atom is 0.348 e. The number of hydrogen-bond donors (Lipinski definition) is 1. The molecule has 0 aliphatic heterocycles. The molecule has 0 aliphatic rings. The van der Waals surface area contributed by atoms with E-state index >= 15 is 0 Å². The summed E-state index contributed by atoms with van der Waals surface area (Å²) in [6.07, 6.45) is 0. The minimum atomic E-state index is -1.01. The highest BCUT2D eigenvalue weighted by Gasteiger charge is 2.26. The van der Waals surface area contributed by atoms with Gasteiger partial charge in [-0.05, 0) is 19.1 Å². The van der Waals surface area contributed by atoms with Gasteiger partial charge in [0.25, 0.3) is 5.69 Å². The van der Waals surface area contributed by atoms with Crippen molar-refractivity contribution >= 4 is 45.6 Å². The molecule has 0 atom stereocenters. The Morgan fingerprint density at radius 3 is 2.67 bits per heavy atom. The molecule has 0 saturated carbocycles. The van der Waals surface area contributed by atoms with Crippen molar-refractivity contribution in [3.8, 4) is 6.07 Å². The van der Waals surface area contributed by atoms with Gasteiger partial charge < -0.3 is 15.2 Å². The van der Waals surface area contributed by atoms with Gasteiger partial charge in [0.1, 0.15) is 28.1 Å². The average Bonchev–Trinajstić information content (AvgIpc) is 2.95. The van der Waals surface area contributed by atoms with Crippen LogP contribution < -0.4 is 5.73 Å². The lowest BCUT2D eigenvalue weighted by molar-refractivity contribution is -0.385. The molecule has 0 unspecified atom stereocenters. The molecule has 2 rings (SSSR count). The summed E-state index contributed by atoms with van der Waals surface area (Å²) in [4.78, 5) is 34.6. The van der Waals surface area contributed by atoms with E-state index in [1.165, 1.54) is 6.07 Å². The number of nitro benzene ring substituents is 1. The number of thiophene rings is 1. The van der Waals surface area contributed by atoms with Gasteiger partial charge in [-0.25, -0.2) is 9.59 Å². The number of halogens is 1. The van der Waals surface area contributed by atoms with Gasteiger partial charge in [0.2, 0.25) is 0 Å². The van der Waals surface area contributed by atoms with Crippen LogP contribution in [-0.4, -0.2) is 23.5 Å². The molecule has 9 nitrogen and oxygen atoms in total. The molecule has 0 saturated heterocycles. The van der Waals surface area contributed by atoms with E-state index < -0.39 is 29.2 Å². The van der Waals surface area contributed by atoms with E-state index in [9.17, 15) is 25.0 Å². The first-order valence-corrected chi connectivity index (χ1v) is 8.59. The molecule has 0 amide bonds. The SMILES string of the molecule is CCOC(=O)c1sc(N)c(C#N)c1COC(=O)c1ccc(Cl)cc1[N+](=O)[O-]. The first-order chi connectivity index (χ1) is 12.8. The quantitative estimate of drug-likeness (QED) is 0.434. The van der Waals surface area contributed by atoms with Crippen molar-refractivity contribution in [1.29, 1.82) is 5.26 Å². The molecule has 1 heterocycles. The molecule has 27 heavy (non-hydrogen) atoms. The van der Waals surface area contributed by atoms with Crippen LogP contribution in [0.3, 0.4) is 0 Å². The van der Waals surface area contributed by atoms with Crippen molar-refractivity contribution < 1.29 is 24.0 Å². The number of nitro groups is 1. The average molecular weight is 410 g/mol. The molecule has 1 aromatic heterocycles. The Kier molecular flexibility index (Phi) is 6.33. The van der Waals surface area contributed by atoms with Crippen molar-refractivity contribution in [2.24, 2.45) is 0 Å². The molecule has 2 N–H and O–H groups in total. The molecule has 0 fully saturated rings. The van der Waals surface area contributed by atoms with Crippen molar-refractivity contribution in [3.05, 3.63) is 54.9 Å². The van der Waals surface area contributed by atoms with Crippen LogP contribution in [0.5, 0.6) is 0 Å². The Bertz CT molecular complexity index is 966. The van der Waals surface area contributed by atoms with Crippen LogP contribution >= 0.6 is 22.9 Å². The van der Waals surface area contributed by atoms with Crippen molar-refractivity contribution in [2.75, 3.05) is 12.3 Å². The number of hydrogen-bond acceptors (Lipinski definition) is 9. The molecule has 1 aromatic carbocycles. The molecule has 0 aliphatic carbocycles. The summed E-state index contributed by atoms with van der Waals surface area (Å²) in [6, 6.07) is 5.32. The van der Waals surface area contributed by atoms with Crippen LogP contribution in [0, 0.1) is 21.4 Å². The van der Waals surface area contributed by atoms with Crippen LogP contribution in [0.2, 0.25) is 5.02 Å². The number of anilines is 1. The van der Waals surface area contributed by atoms with Gasteiger partial charge in [-0.2, -0.15) is 5.26 Å². The lowest BCUT2D eigenvalue weighted by Gasteiger charge is -2.07. The first kappa shape index (κ1) is 20.2. The van der Waals surface area contributed by atoms with Crippen molar-refractivity contribution in [2.45, 2.75) is 13.5 Å². The highest BCUT2D eigenvalue weighted by molar-refractivity contribution is 7.18. The zero-order chi connectivity index (χ0) is 20.1. The monoisotopic (exact) mass is 409 g/mol. The van der Waals surface area contributed by atoms with E-state index in [4.69, 9.17) is 26.8 Å². The third-order valence-corrected chi connectivity index (χ3v) is 4.61. The van der Waals surface area contributed by atoms with E-state index in [0.717, 1.165) is 23.5 Å². The standard InChI is InChI=1S/C16H12ClN3O6S/c1-2-25-16(22)13-11(10(6-18)14(19)27-13)7-26-15(21)9-4-3-8(17)5-12(9)20(23)24/h3-5H,2,7,19H2,1H3. The Morgan fingerprint density at radius 2 is 2.07 bits per heavy atom. The Hall–Kier alpha value is -3.16. The number of ether oxygens (including phenoxy) is 2. The van der Waals surface area contributed by atoms with Crippen LogP contribution in [0.15, 0.2) is 18.2 Å². The number of nitrogens with two attached hydrogens (primary N) is 1. The molecule has 140 valence electrons. The molecule has 0 bridgehead atoms. The van der Waals surface area contributed by atoms with E-state index in [0.29, 0.717) is 0 Å². The van der Waals surface area contributed by atoms with Crippen LogP contribution in [0.1, 0.15) is 38.1 Å². The maximum atomic E-state index is 12.3. The normalized spacial score (nSPS) is 10.1. The zero-order valence-corrected chi connectivity index (χ0v) is 15.4. The third kappa shape index (κ3) is 4.33. The second kappa shape index (κ2) is 8.48. The third-order valence-electron chi connectivity index (χ3n) is 3.33. The summed E-state index contributed by atoms with van der Waals surface area (Å²) in [7, 11) is 0. The van der Waals surface area contributed by atoms with Crippen molar-refractivity contribution in [1.82, 2.24) is 0 Å². The number of esters is 2. The topological polar surface area (TPSA) is 146 Å². The minimum Gasteiger partial charge on any atom is -0.462 e. The second-order valence-electron chi connectivity index (χ2n) is 4.98. The Morgan fingerprint density at radius 1 is 1.37 bits per heavy atom. The lowest BCUT2D eigenvalue weighted by atomic mass is 10.1. The van der Waals surface area contributed by atoms with E-state index in [2.05, 4.69) is 0 Å². The number of carbonyl (C=O) groups is 2. The molecule has 11 heteroatoms. The predicted octanol–water partition coefficient (Wildman–Crippen LogP) is 3.30. The largest absolute Gasteiger partial charge is 0.462 e. The summed E-state index contributed by atoms with van der Waals surface area (Å²) in [6.45, 7) is 1.23. The van der Waals surface area contributed by atoms with E-state index in [-0.39, 0.29) is 38.2 Å². The van der Waals surface area contributed by atoms with Gasteiger partial charge in [-0.15, -0.1) is 11.3 Å². The second-order valence-corrected chi connectivity index (χ2v) is 6.46. The Balaban J connectivity index is 2.32. The van der Waals surface area contributed by atoms with Gasteiger partial charge in [0, 0.05) is 16.7 Å². The minimum absolute atomic E-state index is 0.0125. The smallest absolute Gasteiger partial charge is 0.348 e. The van der Waals surface area contributed by atoms with Gasteiger partial charge in [0.05, 0.1) is 17.1 Å². The highest BCUT2D eigenvalue weighted by atomic mass is 35.5. The van der Waals surface area contributed by atoms with Gasteiger partial charge in [-0.3, -0.25) is 10.1 Å². The zero-order valence-electron chi connectivity index (χ0n) is 13.9. The fourth-order valence-electron chi connectivity index (χ4n) is 2.15. The number of nitriles is 1. The van der Waals surface area contributed by atoms with Gasteiger partial charge in [0.15, 0.2) is 0 Å². The maximum absolute atomic E-state index is 12.3. The number of benzene rings is 1. The fraction of sp³-hybridized carbons (Fsp3) is 0.188. The summed E-state index contributed by atoms with van der Waals surface area (Å²) >= 11 is 6.54. The molecule has 0 radical (unpaired) electrons. The number of nitrogens with zero attached hydrogens (tertiary/aromatic N) is 2. The highest BCUT2D eigenvalue weighted by Crippen LogP contribution is 2.32. The lowest BCUT2D eigenvalue weighted by Crippen LogP contribution is -2.11. The van der Waals surface area contributed by atoms with Crippen LogP contribution in [0.25, 0.3) is 0 Å². The summed E-state index contributed by atoms with van der Waals surface area (Å²) in [5, 5.41) is 20.5. The number of carbonyl (C=O) groups excluding carboxylic acids is 2. The predicted molar refractivity (Wildman–Crippen MR) is 96.6 cm³/mol. The molecule has 2 aromatic rings. The van der Waals surface area contributed by atoms with Crippen molar-refractivity contribution in [3.63, 3.8) is 0 Å². The van der Waals surface area contributed by atoms with E-state index in [1.54, 1.807) is 6.92 Å². The Labute approximate surface area is 162 Å². The fourth-order valence-corrected chi connectivity index (χ4v) is 3.23. The summed E-state index contributed by atoms with van der Waals surface area (Å²) in [5.41, 5.74) is 4.96. The summed E-state index contributed by atoms with van der Waals surface area (Å²) in [5.74, 6) is -1.72.